The van der Waals surface area contributed by atoms with Crippen LogP contribution in [-0.4, -0.2) is 12.0 Å². The van der Waals surface area contributed by atoms with Gasteiger partial charge in [-0.1, -0.05) is 17.7 Å². The maximum Gasteiger partial charge on any atom is 0.0490 e. The van der Waals surface area contributed by atoms with Crippen LogP contribution in [0.2, 0.25) is 0 Å². The Kier molecular flexibility index (Phi) is 3.03. The molecule has 3 nitrogen and oxygen atoms in total. The molecule has 2 N–H and O–H groups in total. The van der Waals surface area contributed by atoms with Crippen LogP contribution in [0.4, 0.5) is 17.1 Å². The largest absolute Gasteiger partial charge is 0.398 e. The molecule has 0 aliphatic rings. The monoisotopic (exact) mass is 263 g/mol. The number of rotatable bonds is 2. The number of nitrogens with two attached hydrogens (primary N) is 1. The molecule has 0 bridgehead atoms. The van der Waals surface area contributed by atoms with Crippen molar-refractivity contribution < 1.29 is 0 Å². The smallest absolute Gasteiger partial charge is 0.0490 e. The quantitative estimate of drug-likeness (QED) is 0.713. The number of nitrogen functional groups attached to an aromatic ring is 1. The molecule has 0 fully saturated rings. The molecule has 0 spiro atoms. The van der Waals surface area contributed by atoms with Crippen molar-refractivity contribution in [2.24, 2.45) is 0 Å². The summed E-state index contributed by atoms with van der Waals surface area (Å²) in [6.45, 7) is 2.09. The topological polar surface area (TPSA) is 42.1 Å². The highest BCUT2D eigenvalue weighted by atomic mass is 15.1. The molecular formula is C17H17N3. The zero-order valence-corrected chi connectivity index (χ0v) is 11.7. The molecule has 0 aliphatic heterocycles. The van der Waals surface area contributed by atoms with Crippen molar-refractivity contribution in [2.45, 2.75) is 6.92 Å². The number of pyridine rings is 1. The maximum absolute atomic E-state index is 6.03. The lowest BCUT2D eigenvalue weighted by Crippen LogP contribution is -2.10. The normalized spacial score (nSPS) is 10.7. The summed E-state index contributed by atoms with van der Waals surface area (Å²) in [6.07, 6.45) is 3.62. The van der Waals surface area contributed by atoms with Gasteiger partial charge in [0.2, 0.25) is 0 Å². The minimum Gasteiger partial charge on any atom is -0.398 e. The third-order valence-electron chi connectivity index (χ3n) is 3.61. The Hall–Kier alpha value is -2.55. The molecule has 1 heterocycles. The average Bonchev–Trinajstić information content (AvgIpc) is 2.48. The highest BCUT2D eigenvalue weighted by Gasteiger charge is 2.09. The first-order valence-corrected chi connectivity index (χ1v) is 6.59. The van der Waals surface area contributed by atoms with Gasteiger partial charge in [0.25, 0.3) is 0 Å². The van der Waals surface area contributed by atoms with E-state index in [-0.39, 0.29) is 0 Å². The molecule has 2 aromatic carbocycles. The number of hydrogen-bond donors (Lipinski definition) is 1. The van der Waals surface area contributed by atoms with E-state index in [1.165, 1.54) is 5.56 Å². The highest BCUT2D eigenvalue weighted by molar-refractivity contribution is 6.01. The van der Waals surface area contributed by atoms with Crippen LogP contribution < -0.4 is 10.6 Å². The van der Waals surface area contributed by atoms with E-state index in [9.17, 15) is 0 Å². The summed E-state index contributed by atoms with van der Waals surface area (Å²) in [4.78, 5) is 6.33. The van der Waals surface area contributed by atoms with Gasteiger partial charge >= 0.3 is 0 Å². The van der Waals surface area contributed by atoms with Crippen LogP contribution in [0, 0.1) is 6.92 Å². The van der Waals surface area contributed by atoms with Gasteiger partial charge in [-0.15, -0.1) is 0 Å². The van der Waals surface area contributed by atoms with Crippen molar-refractivity contribution in [3.63, 3.8) is 0 Å². The second-order valence-corrected chi connectivity index (χ2v) is 4.99. The molecule has 1 aromatic heterocycles. The van der Waals surface area contributed by atoms with Crippen molar-refractivity contribution in [3.8, 4) is 0 Å². The molecule has 0 radical (unpaired) electrons. The molecule has 3 aromatic rings. The Balaban J connectivity index is 2.14. The van der Waals surface area contributed by atoms with E-state index in [1.807, 2.05) is 18.3 Å². The molecule has 0 saturated carbocycles. The van der Waals surface area contributed by atoms with Gasteiger partial charge < -0.3 is 10.6 Å². The third kappa shape index (κ3) is 2.07. The zero-order valence-electron chi connectivity index (χ0n) is 11.7. The van der Waals surface area contributed by atoms with Crippen LogP contribution in [0.1, 0.15) is 5.56 Å². The molecule has 20 heavy (non-hydrogen) atoms. The SMILES string of the molecule is Cc1ccc(N(C)c2ccc(N)c3cnccc23)cc1. The maximum atomic E-state index is 6.03. The van der Waals surface area contributed by atoms with Gasteiger partial charge in [0, 0.05) is 47.3 Å². The molecule has 3 rings (SSSR count). The highest BCUT2D eigenvalue weighted by Crippen LogP contribution is 2.33. The predicted octanol–water partition coefficient (Wildman–Crippen LogP) is 3.89. The molecule has 0 saturated heterocycles. The van der Waals surface area contributed by atoms with Gasteiger partial charge in [0.1, 0.15) is 0 Å². The van der Waals surface area contributed by atoms with Crippen LogP contribution in [0.3, 0.4) is 0 Å². The first-order chi connectivity index (χ1) is 9.66. The summed E-state index contributed by atoms with van der Waals surface area (Å²) in [6, 6.07) is 14.5. The van der Waals surface area contributed by atoms with Crippen molar-refractivity contribution in [2.75, 3.05) is 17.7 Å². The summed E-state index contributed by atoms with van der Waals surface area (Å²) < 4.78 is 0. The van der Waals surface area contributed by atoms with Crippen molar-refractivity contribution in [1.82, 2.24) is 4.98 Å². The predicted molar refractivity (Wildman–Crippen MR) is 85.4 cm³/mol. The van der Waals surface area contributed by atoms with E-state index < -0.39 is 0 Å². The summed E-state index contributed by atoms with van der Waals surface area (Å²) in [7, 11) is 2.07. The minimum absolute atomic E-state index is 0.758. The molecule has 0 amide bonds. The van der Waals surface area contributed by atoms with Crippen LogP contribution in [-0.2, 0) is 0 Å². The Bertz CT molecular complexity index is 748. The fraction of sp³-hybridized carbons (Fsp3) is 0.118. The summed E-state index contributed by atoms with van der Waals surface area (Å²) >= 11 is 0. The lowest BCUT2D eigenvalue weighted by atomic mass is 10.1. The van der Waals surface area contributed by atoms with Crippen LogP contribution in [0.15, 0.2) is 54.9 Å². The second-order valence-electron chi connectivity index (χ2n) is 4.99. The Morgan fingerprint density at radius 2 is 1.70 bits per heavy atom. The first-order valence-electron chi connectivity index (χ1n) is 6.59. The lowest BCUT2D eigenvalue weighted by molar-refractivity contribution is 1.21. The fourth-order valence-corrected chi connectivity index (χ4v) is 2.40. The van der Waals surface area contributed by atoms with Gasteiger partial charge in [-0.3, -0.25) is 4.98 Å². The number of aryl methyl sites for hydroxylation is 1. The van der Waals surface area contributed by atoms with Gasteiger partial charge in [0.05, 0.1) is 0 Å². The van der Waals surface area contributed by atoms with E-state index in [1.54, 1.807) is 6.20 Å². The Morgan fingerprint density at radius 1 is 0.950 bits per heavy atom. The molecule has 0 unspecified atom stereocenters. The number of anilines is 3. The molecule has 0 atom stereocenters. The van der Waals surface area contributed by atoms with Crippen LogP contribution >= 0.6 is 0 Å². The van der Waals surface area contributed by atoms with Gasteiger partial charge in [-0.05, 0) is 37.3 Å². The number of aromatic nitrogens is 1. The van der Waals surface area contributed by atoms with Gasteiger partial charge in [-0.25, -0.2) is 0 Å². The van der Waals surface area contributed by atoms with E-state index in [0.717, 1.165) is 27.8 Å². The summed E-state index contributed by atoms with van der Waals surface area (Å²) in [5.74, 6) is 0. The van der Waals surface area contributed by atoms with E-state index in [4.69, 9.17) is 5.73 Å². The first kappa shape index (κ1) is 12.5. The zero-order chi connectivity index (χ0) is 14.1. The number of hydrogen-bond acceptors (Lipinski definition) is 3. The third-order valence-corrected chi connectivity index (χ3v) is 3.61. The minimum atomic E-state index is 0.758. The average molecular weight is 263 g/mol. The standard InChI is InChI=1S/C17H17N3/c1-12-3-5-13(6-4-12)20(2)17-8-7-16(18)15-11-19-10-9-14(15)17/h3-11H,18H2,1-2H3. The molecular weight excluding hydrogens is 246 g/mol. The fourth-order valence-electron chi connectivity index (χ4n) is 2.40. The van der Waals surface area contributed by atoms with Crippen LogP contribution in [0.5, 0.6) is 0 Å². The van der Waals surface area contributed by atoms with Gasteiger partial charge in [-0.2, -0.15) is 0 Å². The van der Waals surface area contributed by atoms with Crippen LogP contribution in [0.25, 0.3) is 10.8 Å². The second kappa shape index (κ2) is 4.85. The van der Waals surface area contributed by atoms with Crippen molar-refractivity contribution in [3.05, 3.63) is 60.4 Å². The number of benzene rings is 2. The summed E-state index contributed by atoms with van der Waals surface area (Å²) in [5, 5.41) is 2.10. The lowest BCUT2D eigenvalue weighted by Gasteiger charge is -2.22. The number of nitrogens with zero attached hydrogens (tertiary/aromatic N) is 2. The van der Waals surface area contributed by atoms with Crippen molar-refractivity contribution >= 4 is 27.8 Å². The van der Waals surface area contributed by atoms with E-state index >= 15 is 0 Å². The van der Waals surface area contributed by atoms with Crippen molar-refractivity contribution in [1.29, 1.82) is 0 Å². The molecule has 100 valence electrons. The summed E-state index contributed by atoms with van der Waals surface area (Å²) in [5.41, 5.74) is 10.3. The Morgan fingerprint density at radius 3 is 2.45 bits per heavy atom. The van der Waals surface area contributed by atoms with Gasteiger partial charge in [0.15, 0.2) is 0 Å². The number of fused-ring (bicyclic) bond motifs is 1. The molecule has 0 aliphatic carbocycles. The van der Waals surface area contributed by atoms with E-state index in [2.05, 4.69) is 54.2 Å². The molecule has 3 heteroatoms. The Labute approximate surface area is 118 Å². The van der Waals surface area contributed by atoms with E-state index in [0.29, 0.717) is 0 Å².